The summed E-state index contributed by atoms with van der Waals surface area (Å²) in [6.07, 6.45) is -12.1. The number of rotatable bonds is 5. The SMILES string of the molecule is C/C=C1/CNc2nc(OCC(C)(C)C(=O)O)nc3c(F)c(-c4cc(N)c(F)c(C)c4C(F)(F)F)nc(c23)O[C@@H](C(F)(F)F)CCN1. The Balaban J connectivity index is 2.11. The van der Waals surface area contributed by atoms with Crippen molar-refractivity contribution in [2.45, 2.75) is 52.6 Å². The molecule has 0 bridgehead atoms. The molecule has 0 saturated heterocycles. The van der Waals surface area contributed by atoms with Crippen LogP contribution in [0.5, 0.6) is 11.9 Å². The molecule has 1 atom stereocenters. The molecule has 5 N–H and O–H groups in total. The van der Waals surface area contributed by atoms with Gasteiger partial charge in [0.2, 0.25) is 5.88 Å². The van der Waals surface area contributed by atoms with E-state index < -0.39 is 111 Å². The highest BCUT2D eigenvalue weighted by atomic mass is 19.4. The second-order valence-electron chi connectivity index (χ2n) is 11.0. The van der Waals surface area contributed by atoms with E-state index in [1.54, 1.807) is 13.0 Å². The lowest BCUT2D eigenvalue weighted by atomic mass is 9.95. The lowest BCUT2D eigenvalue weighted by Crippen LogP contribution is -2.37. The summed E-state index contributed by atoms with van der Waals surface area (Å²) in [6.45, 7) is 3.97. The lowest BCUT2D eigenvalue weighted by Gasteiger charge is -2.24. The number of aromatic nitrogens is 3. The van der Waals surface area contributed by atoms with Crippen molar-refractivity contribution in [3.05, 3.63) is 40.6 Å². The molecular formula is C28H28F8N6O4. The number of nitrogens with zero attached hydrogens (tertiary/aromatic N) is 3. The van der Waals surface area contributed by atoms with Crippen molar-refractivity contribution < 1.29 is 54.5 Å². The molecule has 0 amide bonds. The van der Waals surface area contributed by atoms with E-state index in [4.69, 9.17) is 15.2 Å². The van der Waals surface area contributed by atoms with E-state index >= 15 is 4.39 Å². The first kappa shape index (κ1) is 34.2. The van der Waals surface area contributed by atoms with Crippen LogP contribution < -0.4 is 25.8 Å². The van der Waals surface area contributed by atoms with Gasteiger partial charge in [-0.05, 0) is 39.3 Å². The molecule has 1 aromatic carbocycles. The second kappa shape index (κ2) is 12.3. The van der Waals surface area contributed by atoms with Crippen molar-refractivity contribution in [2.24, 2.45) is 5.41 Å². The molecular weight excluding hydrogens is 636 g/mol. The third-order valence-corrected chi connectivity index (χ3v) is 7.11. The van der Waals surface area contributed by atoms with Crippen LogP contribution in [0.3, 0.4) is 0 Å². The predicted molar refractivity (Wildman–Crippen MR) is 149 cm³/mol. The van der Waals surface area contributed by atoms with E-state index in [0.717, 1.165) is 6.92 Å². The first-order valence-electron chi connectivity index (χ1n) is 13.6. The lowest BCUT2D eigenvalue weighted by molar-refractivity contribution is -0.196. The largest absolute Gasteiger partial charge is 0.481 e. The molecule has 3 heterocycles. The Morgan fingerprint density at radius 3 is 2.39 bits per heavy atom. The minimum absolute atomic E-state index is 0.117. The molecule has 0 aliphatic carbocycles. The van der Waals surface area contributed by atoms with E-state index in [0.29, 0.717) is 11.8 Å². The Labute approximate surface area is 256 Å². The number of nitrogens with two attached hydrogens (primary N) is 1. The van der Waals surface area contributed by atoms with Crippen LogP contribution in [0.4, 0.5) is 46.6 Å². The first-order chi connectivity index (χ1) is 21.3. The van der Waals surface area contributed by atoms with Crippen molar-refractivity contribution in [3.8, 4) is 23.1 Å². The van der Waals surface area contributed by atoms with Gasteiger partial charge in [0.1, 0.15) is 34.8 Å². The van der Waals surface area contributed by atoms with E-state index in [1.165, 1.54) is 13.8 Å². The number of hydrogen-bond donors (Lipinski definition) is 4. The van der Waals surface area contributed by atoms with Gasteiger partial charge in [0, 0.05) is 24.2 Å². The van der Waals surface area contributed by atoms with E-state index in [1.807, 2.05) is 0 Å². The van der Waals surface area contributed by atoms with Crippen LogP contribution >= 0.6 is 0 Å². The molecule has 0 saturated carbocycles. The van der Waals surface area contributed by atoms with Gasteiger partial charge in [-0.1, -0.05) is 6.08 Å². The van der Waals surface area contributed by atoms with Gasteiger partial charge in [0.15, 0.2) is 11.9 Å². The molecule has 10 nitrogen and oxygen atoms in total. The molecule has 0 unspecified atom stereocenters. The maximum absolute atomic E-state index is 16.4. The zero-order valence-electron chi connectivity index (χ0n) is 24.7. The van der Waals surface area contributed by atoms with E-state index in [2.05, 4.69) is 25.6 Å². The fourth-order valence-corrected chi connectivity index (χ4v) is 4.49. The molecule has 0 radical (unpaired) electrons. The van der Waals surface area contributed by atoms with Crippen molar-refractivity contribution in [1.82, 2.24) is 20.3 Å². The van der Waals surface area contributed by atoms with Gasteiger partial charge in [-0.25, -0.2) is 13.8 Å². The number of nitrogen functional groups attached to an aromatic ring is 1. The van der Waals surface area contributed by atoms with Gasteiger partial charge in [-0.3, -0.25) is 4.79 Å². The van der Waals surface area contributed by atoms with Crippen LogP contribution in [-0.4, -0.2) is 58.0 Å². The summed E-state index contributed by atoms with van der Waals surface area (Å²) in [7, 11) is 0. The number of ether oxygens (including phenoxy) is 2. The summed E-state index contributed by atoms with van der Waals surface area (Å²) in [6, 6.07) is -0.217. The molecule has 3 aromatic rings. The third-order valence-electron chi connectivity index (χ3n) is 7.11. The zero-order chi connectivity index (χ0) is 34.4. The van der Waals surface area contributed by atoms with Crippen molar-refractivity contribution in [2.75, 3.05) is 30.7 Å². The Morgan fingerprint density at radius 1 is 1.13 bits per heavy atom. The van der Waals surface area contributed by atoms with Crippen LogP contribution in [0.1, 0.15) is 38.3 Å². The molecule has 0 fully saturated rings. The number of benzene rings is 1. The van der Waals surface area contributed by atoms with Crippen LogP contribution in [0.2, 0.25) is 0 Å². The van der Waals surface area contributed by atoms with Gasteiger partial charge in [0.25, 0.3) is 0 Å². The van der Waals surface area contributed by atoms with Crippen LogP contribution in [0.15, 0.2) is 17.8 Å². The molecule has 250 valence electrons. The maximum Gasteiger partial charge on any atom is 0.425 e. The average Bonchev–Trinajstić information content (AvgIpc) is 2.98. The third kappa shape index (κ3) is 6.79. The van der Waals surface area contributed by atoms with Gasteiger partial charge in [-0.15, -0.1) is 0 Å². The zero-order valence-corrected chi connectivity index (χ0v) is 24.7. The summed E-state index contributed by atoms with van der Waals surface area (Å²) >= 11 is 0. The molecule has 2 aromatic heterocycles. The topological polar surface area (TPSA) is 145 Å². The number of nitrogens with one attached hydrogen (secondary N) is 2. The van der Waals surface area contributed by atoms with Gasteiger partial charge >= 0.3 is 24.3 Å². The molecule has 1 aliphatic rings. The molecule has 1 aliphatic heterocycles. The number of halogens is 8. The van der Waals surface area contributed by atoms with Crippen molar-refractivity contribution >= 4 is 28.4 Å². The summed E-state index contributed by atoms with van der Waals surface area (Å²) in [4.78, 5) is 23.4. The Hall–Kier alpha value is -4.64. The van der Waals surface area contributed by atoms with Crippen LogP contribution in [-0.2, 0) is 11.0 Å². The number of carboxylic acids is 1. The highest BCUT2D eigenvalue weighted by molar-refractivity contribution is 5.97. The number of pyridine rings is 1. The molecule has 4 rings (SSSR count). The van der Waals surface area contributed by atoms with Gasteiger partial charge in [-0.2, -0.15) is 36.3 Å². The molecule has 46 heavy (non-hydrogen) atoms. The summed E-state index contributed by atoms with van der Waals surface area (Å²) in [5.41, 5.74) is -2.24. The highest BCUT2D eigenvalue weighted by Gasteiger charge is 2.43. The number of carboxylic acid groups (broad SMARTS) is 1. The maximum atomic E-state index is 16.4. The Kier molecular flexibility index (Phi) is 9.14. The van der Waals surface area contributed by atoms with E-state index in [-0.39, 0.29) is 13.1 Å². The number of anilines is 2. The number of aliphatic carboxylic acids is 1. The van der Waals surface area contributed by atoms with Crippen molar-refractivity contribution in [3.63, 3.8) is 0 Å². The Bertz CT molecular complexity index is 1710. The smallest absolute Gasteiger partial charge is 0.425 e. The molecule has 18 heteroatoms. The van der Waals surface area contributed by atoms with Gasteiger partial charge < -0.3 is 30.9 Å². The number of hydrogen-bond acceptors (Lipinski definition) is 9. The quantitative estimate of drug-likeness (QED) is 0.190. The fourth-order valence-electron chi connectivity index (χ4n) is 4.49. The average molecular weight is 665 g/mol. The minimum atomic E-state index is -5.30. The first-order valence-corrected chi connectivity index (χ1v) is 13.6. The standard InChI is InChI=1S/C28H28F8N6O4/c1-5-12-9-39-22-16-21(41-25(42-22)45-10-26(3,4)24(43)44)19(30)20(40-23(16)46-15(6-7-38-12)27(31,32)33)13-8-14(37)18(29)11(2)17(13)28(34,35)36/h5,8,15,38H,6-7,9-10,37H2,1-4H3,(H,43,44)(H,39,41,42)/b12-5-/t15-/m1/s1. The highest BCUT2D eigenvalue weighted by Crippen LogP contribution is 2.45. The fraction of sp³-hybridized carbons (Fsp3) is 0.429. The van der Waals surface area contributed by atoms with Gasteiger partial charge in [0.05, 0.1) is 23.2 Å². The monoisotopic (exact) mass is 664 g/mol. The second-order valence-corrected chi connectivity index (χ2v) is 11.0. The van der Waals surface area contributed by atoms with Crippen LogP contribution in [0.25, 0.3) is 22.2 Å². The molecule has 0 spiro atoms. The Morgan fingerprint density at radius 2 is 1.80 bits per heavy atom. The summed E-state index contributed by atoms with van der Waals surface area (Å²) in [5, 5.41) is 14.5. The van der Waals surface area contributed by atoms with Crippen LogP contribution in [0, 0.1) is 24.0 Å². The summed E-state index contributed by atoms with van der Waals surface area (Å²) in [5.74, 6) is -5.71. The van der Waals surface area contributed by atoms with E-state index in [9.17, 15) is 40.6 Å². The summed E-state index contributed by atoms with van der Waals surface area (Å²) < 4.78 is 127. The number of alkyl halides is 6. The van der Waals surface area contributed by atoms with Crippen molar-refractivity contribution in [1.29, 1.82) is 0 Å². The minimum Gasteiger partial charge on any atom is -0.481 e. The predicted octanol–water partition coefficient (Wildman–Crippen LogP) is 5.99. The number of allylic oxidation sites excluding steroid dienone is 1. The normalized spacial score (nSPS) is 17.1. The number of carbonyl (C=O) groups is 1.